The van der Waals surface area contributed by atoms with Crippen LogP contribution in [0.5, 0.6) is 0 Å². The summed E-state index contributed by atoms with van der Waals surface area (Å²) in [4.78, 5) is 37.3. The van der Waals surface area contributed by atoms with Gasteiger partial charge >= 0.3 is 0 Å². The van der Waals surface area contributed by atoms with E-state index in [1.165, 1.54) is 6.92 Å². The largest absolute Gasteiger partial charge is 0.368 e. The molecule has 1 saturated heterocycles. The van der Waals surface area contributed by atoms with Crippen molar-refractivity contribution < 1.29 is 14.3 Å². The quantitative estimate of drug-likeness (QED) is 0.836. The smallest absolute Gasteiger partial charge is 0.253 e. The lowest BCUT2D eigenvalue weighted by atomic mass is 9.83. The topological polar surface area (TPSA) is 87.7 Å². The molecule has 2 aromatic rings. The summed E-state index contributed by atoms with van der Waals surface area (Å²) in [5.74, 6) is 0.475. The second-order valence-corrected chi connectivity index (χ2v) is 8.09. The standard InChI is InChI=1S/C22H27N5O3/c1-15(28)24-18-6-4-5-16(13-18)20(29)27-10-8-22(9-11-27)19-17(7-12-30-22)14-23-21(25-19)26(2)3/h4-6,13-14H,7-12H2,1-3H3,(H,24,28). The zero-order valence-electron chi connectivity index (χ0n) is 17.6. The first kappa shape index (κ1) is 20.3. The molecule has 8 heteroatoms. The monoisotopic (exact) mass is 409 g/mol. The van der Waals surface area contributed by atoms with Crippen molar-refractivity contribution >= 4 is 23.5 Å². The van der Waals surface area contributed by atoms with Gasteiger partial charge in [0.2, 0.25) is 11.9 Å². The van der Waals surface area contributed by atoms with Crippen molar-refractivity contribution in [3.63, 3.8) is 0 Å². The number of piperidine rings is 1. The molecule has 1 aromatic carbocycles. The third kappa shape index (κ3) is 3.87. The normalized spacial score (nSPS) is 17.4. The Labute approximate surface area is 176 Å². The van der Waals surface area contributed by atoms with Gasteiger partial charge in [-0.05, 0) is 43.0 Å². The maximum Gasteiger partial charge on any atom is 0.253 e. The van der Waals surface area contributed by atoms with Gasteiger partial charge in [-0.2, -0.15) is 0 Å². The van der Waals surface area contributed by atoms with Crippen LogP contribution in [-0.4, -0.2) is 60.5 Å². The van der Waals surface area contributed by atoms with Crippen LogP contribution in [0, 0.1) is 0 Å². The average Bonchev–Trinajstić information content (AvgIpc) is 2.73. The second kappa shape index (κ2) is 8.02. The van der Waals surface area contributed by atoms with Crippen molar-refractivity contribution in [1.82, 2.24) is 14.9 Å². The summed E-state index contributed by atoms with van der Waals surface area (Å²) >= 11 is 0. The van der Waals surface area contributed by atoms with E-state index in [1.54, 1.807) is 24.3 Å². The molecule has 1 aromatic heterocycles. The van der Waals surface area contributed by atoms with Crippen molar-refractivity contribution in [3.8, 4) is 0 Å². The molecule has 1 N–H and O–H groups in total. The molecule has 0 unspecified atom stereocenters. The number of ether oxygens (including phenoxy) is 1. The van der Waals surface area contributed by atoms with Crippen LogP contribution in [-0.2, 0) is 21.6 Å². The number of nitrogens with one attached hydrogen (secondary N) is 1. The summed E-state index contributed by atoms with van der Waals surface area (Å²) < 4.78 is 6.27. The number of hydrogen-bond acceptors (Lipinski definition) is 6. The molecule has 0 radical (unpaired) electrons. The molecule has 0 saturated carbocycles. The van der Waals surface area contributed by atoms with E-state index in [2.05, 4.69) is 10.3 Å². The third-order valence-electron chi connectivity index (χ3n) is 5.72. The Morgan fingerprint density at radius 1 is 1.23 bits per heavy atom. The minimum Gasteiger partial charge on any atom is -0.368 e. The lowest BCUT2D eigenvalue weighted by Crippen LogP contribution is -2.49. The number of likely N-dealkylation sites (tertiary alicyclic amines) is 1. The van der Waals surface area contributed by atoms with Gasteiger partial charge in [0.05, 0.1) is 12.3 Å². The van der Waals surface area contributed by atoms with Crippen molar-refractivity contribution in [1.29, 1.82) is 0 Å². The van der Waals surface area contributed by atoms with E-state index in [4.69, 9.17) is 9.72 Å². The van der Waals surface area contributed by atoms with Gasteiger partial charge in [-0.25, -0.2) is 9.97 Å². The Bertz CT molecular complexity index is 967. The van der Waals surface area contributed by atoms with E-state index in [1.807, 2.05) is 30.1 Å². The van der Waals surface area contributed by atoms with Crippen LogP contribution < -0.4 is 10.2 Å². The summed E-state index contributed by atoms with van der Waals surface area (Å²) in [6.45, 7) is 3.27. The Balaban J connectivity index is 1.51. The van der Waals surface area contributed by atoms with E-state index in [0.29, 0.717) is 49.7 Å². The number of carbonyl (C=O) groups excluding carboxylic acids is 2. The van der Waals surface area contributed by atoms with Crippen LogP contribution >= 0.6 is 0 Å². The van der Waals surface area contributed by atoms with Gasteiger partial charge in [0.25, 0.3) is 5.91 Å². The molecular formula is C22H27N5O3. The van der Waals surface area contributed by atoms with Gasteiger partial charge in [-0.15, -0.1) is 0 Å². The van der Waals surface area contributed by atoms with E-state index >= 15 is 0 Å². The molecule has 2 aliphatic rings. The van der Waals surface area contributed by atoms with Gasteiger partial charge < -0.3 is 19.9 Å². The second-order valence-electron chi connectivity index (χ2n) is 8.09. The van der Waals surface area contributed by atoms with Crippen molar-refractivity contribution in [3.05, 3.63) is 47.3 Å². The molecule has 2 amide bonds. The molecule has 3 heterocycles. The molecule has 0 atom stereocenters. The molecule has 1 spiro atoms. The number of hydrogen-bond donors (Lipinski definition) is 1. The fraction of sp³-hybridized carbons (Fsp3) is 0.455. The molecule has 0 bridgehead atoms. The minimum absolute atomic E-state index is 0.0373. The molecule has 2 aliphatic heterocycles. The highest BCUT2D eigenvalue weighted by Gasteiger charge is 2.43. The molecule has 30 heavy (non-hydrogen) atoms. The van der Waals surface area contributed by atoms with Crippen molar-refractivity contribution in [2.24, 2.45) is 0 Å². The van der Waals surface area contributed by atoms with E-state index < -0.39 is 5.60 Å². The lowest BCUT2D eigenvalue weighted by molar-refractivity contribution is -0.114. The fourth-order valence-electron chi connectivity index (χ4n) is 4.18. The Morgan fingerprint density at radius 3 is 2.70 bits per heavy atom. The fourth-order valence-corrected chi connectivity index (χ4v) is 4.18. The van der Waals surface area contributed by atoms with E-state index in [-0.39, 0.29) is 11.8 Å². The SMILES string of the molecule is CC(=O)Nc1cccc(C(=O)N2CCC3(CC2)OCCc2cnc(N(C)C)nc23)c1. The average molecular weight is 409 g/mol. The zero-order chi connectivity index (χ0) is 21.3. The lowest BCUT2D eigenvalue weighted by Gasteiger charge is -2.44. The summed E-state index contributed by atoms with van der Waals surface area (Å²) in [7, 11) is 3.85. The Kier molecular flexibility index (Phi) is 5.42. The maximum absolute atomic E-state index is 13.0. The van der Waals surface area contributed by atoms with Crippen molar-refractivity contribution in [2.45, 2.75) is 31.8 Å². The number of aromatic nitrogens is 2. The Hall–Kier alpha value is -3.00. The highest BCUT2D eigenvalue weighted by molar-refractivity contribution is 5.96. The minimum atomic E-state index is -0.462. The zero-order valence-corrected chi connectivity index (χ0v) is 17.6. The Morgan fingerprint density at radius 2 is 2.00 bits per heavy atom. The van der Waals surface area contributed by atoms with Gasteiger partial charge in [0, 0.05) is 51.6 Å². The highest BCUT2D eigenvalue weighted by Crippen LogP contribution is 2.41. The van der Waals surface area contributed by atoms with Crippen LogP contribution in [0.25, 0.3) is 0 Å². The number of carbonyl (C=O) groups is 2. The van der Waals surface area contributed by atoms with E-state index in [0.717, 1.165) is 17.7 Å². The first-order valence-corrected chi connectivity index (χ1v) is 10.2. The van der Waals surface area contributed by atoms with Crippen molar-refractivity contribution in [2.75, 3.05) is 44.0 Å². The third-order valence-corrected chi connectivity index (χ3v) is 5.72. The molecule has 8 nitrogen and oxygen atoms in total. The summed E-state index contributed by atoms with van der Waals surface area (Å²) in [6, 6.07) is 7.06. The number of nitrogens with zero attached hydrogens (tertiary/aromatic N) is 4. The molecule has 0 aliphatic carbocycles. The van der Waals surface area contributed by atoms with Crippen LogP contribution in [0.15, 0.2) is 30.5 Å². The number of anilines is 2. The molecule has 158 valence electrons. The first-order valence-electron chi connectivity index (χ1n) is 10.2. The van der Waals surface area contributed by atoms with Gasteiger partial charge in [0.15, 0.2) is 0 Å². The molecule has 1 fully saturated rings. The summed E-state index contributed by atoms with van der Waals surface area (Å²) in [6.07, 6.45) is 4.11. The maximum atomic E-state index is 13.0. The molecular weight excluding hydrogens is 382 g/mol. The highest BCUT2D eigenvalue weighted by atomic mass is 16.5. The van der Waals surface area contributed by atoms with Crippen LogP contribution in [0.1, 0.15) is 41.4 Å². The van der Waals surface area contributed by atoms with Crippen LogP contribution in [0.3, 0.4) is 0 Å². The van der Waals surface area contributed by atoms with Gasteiger partial charge in [0.1, 0.15) is 5.60 Å². The predicted octanol–water partition coefficient (Wildman–Crippen LogP) is 2.21. The van der Waals surface area contributed by atoms with Crippen LogP contribution in [0.4, 0.5) is 11.6 Å². The summed E-state index contributed by atoms with van der Waals surface area (Å²) in [5.41, 5.74) is 2.83. The number of amides is 2. The number of rotatable bonds is 3. The van der Waals surface area contributed by atoms with E-state index in [9.17, 15) is 9.59 Å². The van der Waals surface area contributed by atoms with Crippen LogP contribution in [0.2, 0.25) is 0 Å². The first-order chi connectivity index (χ1) is 14.4. The molecule has 4 rings (SSSR count). The summed E-state index contributed by atoms with van der Waals surface area (Å²) in [5, 5.41) is 2.73. The predicted molar refractivity (Wildman–Crippen MR) is 114 cm³/mol. The van der Waals surface area contributed by atoms with Gasteiger partial charge in [-0.1, -0.05) is 6.07 Å². The van der Waals surface area contributed by atoms with Gasteiger partial charge in [-0.3, -0.25) is 9.59 Å². The number of benzene rings is 1. The number of fused-ring (bicyclic) bond motifs is 2.